The zero-order chi connectivity index (χ0) is 13.8. The molecule has 0 bridgehead atoms. The lowest BCUT2D eigenvalue weighted by Crippen LogP contribution is -2.04. The molecular formula is C14H13Cl2NO2. The molecule has 0 spiro atoms. The second-order valence-electron chi connectivity index (χ2n) is 4.09. The summed E-state index contributed by atoms with van der Waals surface area (Å²) in [6.45, 7) is 0. The lowest BCUT2D eigenvalue weighted by molar-refractivity contribution is 0.174. The Morgan fingerprint density at radius 2 is 2.05 bits per heavy atom. The van der Waals surface area contributed by atoms with Gasteiger partial charge in [-0.2, -0.15) is 0 Å². The molecule has 0 saturated carbocycles. The van der Waals surface area contributed by atoms with E-state index in [0.29, 0.717) is 27.8 Å². The standard InChI is InChI=1S/C14H13Cl2NO2/c1-19-14-8-17-5-4-10(14)13(18)7-9-2-3-11(15)12(16)6-9/h2-6,8,13,18H,7H2,1H3. The number of ether oxygens (including phenoxy) is 1. The van der Waals surface area contributed by atoms with E-state index >= 15 is 0 Å². The molecule has 0 saturated heterocycles. The van der Waals surface area contributed by atoms with Crippen LogP contribution in [0, 0.1) is 0 Å². The Labute approximate surface area is 121 Å². The van der Waals surface area contributed by atoms with Crippen LogP contribution in [0.3, 0.4) is 0 Å². The highest BCUT2D eigenvalue weighted by atomic mass is 35.5. The zero-order valence-corrected chi connectivity index (χ0v) is 11.8. The van der Waals surface area contributed by atoms with Crippen molar-refractivity contribution in [2.45, 2.75) is 12.5 Å². The lowest BCUT2D eigenvalue weighted by atomic mass is 10.0. The largest absolute Gasteiger partial charge is 0.495 e. The Bertz CT molecular complexity index is 575. The molecule has 5 heteroatoms. The quantitative estimate of drug-likeness (QED) is 0.936. The molecule has 1 aromatic heterocycles. The van der Waals surface area contributed by atoms with E-state index < -0.39 is 6.10 Å². The Kier molecular flexibility index (Phi) is 4.64. The monoisotopic (exact) mass is 297 g/mol. The molecule has 0 aliphatic carbocycles. The normalized spacial score (nSPS) is 12.2. The highest BCUT2D eigenvalue weighted by Crippen LogP contribution is 2.29. The third-order valence-electron chi connectivity index (χ3n) is 2.81. The van der Waals surface area contributed by atoms with Crippen molar-refractivity contribution < 1.29 is 9.84 Å². The topological polar surface area (TPSA) is 42.4 Å². The molecule has 0 aliphatic heterocycles. The van der Waals surface area contributed by atoms with Crippen LogP contribution in [-0.4, -0.2) is 17.2 Å². The first-order valence-electron chi connectivity index (χ1n) is 5.71. The summed E-state index contributed by atoms with van der Waals surface area (Å²) in [6.07, 6.45) is 2.94. The number of benzene rings is 1. The first-order chi connectivity index (χ1) is 9.11. The third kappa shape index (κ3) is 3.38. The smallest absolute Gasteiger partial charge is 0.142 e. The molecule has 19 heavy (non-hydrogen) atoms. The van der Waals surface area contributed by atoms with Crippen LogP contribution in [-0.2, 0) is 6.42 Å². The fraction of sp³-hybridized carbons (Fsp3) is 0.214. The number of aliphatic hydroxyl groups is 1. The maximum Gasteiger partial charge on any atom is 0.142 e. The molecule has 1 unspecified atom stereocenters. The van der Waals surface area contributed by atoms with E-state index in [-0.39, 0.29) is 0 Å². The first kappa shape index (κ1) is 14.1. The molecule has 0 aliphatic rings. The van der Waals surface area contributed by atoms with Crippen molar-refractivity contribution >= 4 is 23.2 Å². The number of methoxy groups -OCH3 is 1. The number of halogens is 2. The van der Waals surface area contributed by atoms with Crippen LogP contribution in [0.4, 0.5) is 0 Å². The van der Waals surface area contributed by atoms with E-state index in [1.165, 1.54) is 0 Å². The highest BCUT2D eigenvalue weighted by Gasteiger charge is 2.14. The van der Waals surface area contributed by atoms with Gasteiger partial charge in [-0.1, -0.05) is 29.3 Å². The van der Waals surface area contributed by atoms with Gasteiger partial charge in [0.25, 0.3) is 0 Å². The van der Waals surface area contributed by atoms with Crippen LogP contribution in [0.15, 0.2) is 36.7 Å². The van der Waals surface area contributed by atoms with Crippen LogP contribution in [0.2, 0.25) is 10.0 Å². The van der Waals surface area contributed by atoms with Crippen LogP contribution in [0.5, 0.6) is 5.75 Å². The van der Waals surface area contributed by atoms with Crippen LogP contribution in [0.25, 0.3) is 0 Å². The van der Waals surface area contributed by atoms with Gasteiger partial charge in [-0.15, -0.1) is 0 Å². The van der Waals surface area contributed by atoms with Gasteiger partial charge in [0.05, 0.1) is 29.5 Å². The molecule has 2 aromatic rings. The summed E-state index contributed by atoms with van der Waals surface area (Å²) in [4.78, 5) is 3.96. The molecule has 3 nitrogen and oxygen atoms in total. The summed E-state index contributed by atoms with van der Waals surface area (Å²) in [5, 5.41) is 11.2. The van der Waals surface area contributed by atoms with Crippen LogP contribution >= 0.6 is 23.2 Å². The van der Waals surface area contributed by atoms with Gasteiger partial charge in [0, 0.05) is 18.2 Å². The number of rotatable bonds is 4. The predicted octanol–water partition coefficient (Wildman–Crippen LogP) is 3.67. The Morgan fingerprint density at radius 3 is 2.74 bits per heavy atom. The minimum atomic E-state index is -0.685. The van der Waals surface area contributed by atoms with Crippen molar-refractivity contribution in [2.24, 2.45) is 0 Å². The number of pyridine rings is 1. The summed E-state index contributed by atoms with van der Waals surface area (Å²) >= 11 is 11.8. The van der Waals surface area contributed by atoms with Crippen molar-refractivity contribution in [3.63, 3.8) is 0 Å². The van der Waals surface area contributed by atoms with Crippen LogP contribution in [0.1, 0.15) is 17.2 Å². The maximum atomic E-state index is 10.3. The van der Waals surface area contributed by atoms with Gasteiger partial charge in [-0.05, 0) is 23.8 Å². The van der Waals surface area contributed by atoms with Gasteiger partial charge in [0.2, 0.25) is 0 Å². The van der Waals surface area contributed by atoms with Crippen molar-refractivity contribution in [3.8, 4) is 5.75 Å². The van der Waals surface area contributed by atoms with Crippen molar-refractivity contribution in [1.82, 2.24) is 4.98 Å². The SMILES string of the molecule is COc1cnccc1C(O)Cc1ccc(Cl)c(Cl)c1. The fourth-order valence-corrected chi connectivity index (χ4v) is 2.16. The molecule has 1 aromatic carbocycles. The maximum absolute atomic E-state index is 10.3. The van der Waals surface area contributed by atoms with Gasteiger partial charge in [-0.25, -0.2) is 0 Å². The van der Waals surface area contributed by atoms with Gasteiger partial charge in [0.1, 0.15) is 5.75 Å². The Morgan fingerprint density at radius 1 is 1.26 bits per heavy atom. The van der Waals surface area contributed by atoms with E-state index in [9.17, 15) is 5.11 Å². The van der Waals surface area contributed by atoms with E-state index in [2.05, 4.69) is 4.98 Å². The van der Waals surface area contributed by atoms with E-state index in [4.69, 9.17) is 27.9 Å². The molecule has 0 fully saturated rings. The number of aromatic nitrogens is 1. The van der Waals surface area contributed by atoms with E-state index in [0.717, 1.165) is 5.56 Å². The van der Waals surface area contributed by atoms with Crippen molar-refractivity contribution in [2.75, 3.05) is 7.11 Å². The van der Waals surface area contributed by atoms with Crippen molar-refractivity contribution in [3.05, 3.63) is 57.8 Å². The van der Waals surface area contributed by atoms with E-state index in [1.54, 1.807) is 37.7 Å². The summed E-state index contributed by atoms with van der Waals surface area (Å²) in [5.74, 6) is 0.565. The summed E-state index contributed by atoms with van der Waals surface area (Å²) in [6, 6.07) is 7.04. The zero-order valence-electron chi connectivity index (χ0n) is 10.3. The summed E-state index contributed by atoms with van der Waals surface area (Å²) < 4.78 is 5.18. The first-order valence-corrected chi connectivity index (χ1v) is 6.47. The molecule has 100 valence electrons. The second-order valence-corrected chi connectivity index (χ2v) is 4.90. The molecule has 0 amide bonds. The highest BCUT2D eigenvalue weighted by molar-refractivity contribution is 6.42. The number of hydrogen-bond donors (Lipinski definition) is 1. The van der Waals surface area contributed by atoms with Gasteiger partial charge < -0.3 is 9.84 Å². The number of aliphatic hydroxyl groups excluding tert-OH is 1. The molecule has 2 rings (SSSR count). The van der Waals surface area contributed by atoms with E-state index in [1.807, 2.05) is 6.07 Å². The fourth-order valence-electron chi connectivity index (χ4n) is 1.84. The third-order valence-corrected chi connectivity index (χ3v) is 3.55. The lowest BCUT2D eigenvalue weighted by Gasteiger charge is -2.14. The molecule has 1 N–H and O–H groups in total. The average molecular weight is 298 g/mol. The van der Waals surface area contributed by atoms with Gasteiger partial charge in [-0.3, -0.25) is 4.98 Å². The molecule has 1 atom stereocenters. The van der Waals surface area contributed by atoms with Crippen LogP contribution < -0.4 is 4.74 Å². The van der Waals surface area contributed by atoms with Crippen molar-refractivity contribution in [1.29, 1.82) is 0 Å². The molecule has 1 heterocycles. The average Bonchev–Trinajstić information content (AvgIpc) is 2.43. The number of hydrogen-bond acceptors (Lipinski definition) is 3. The number of nitrogens with zero attached hydrogens (tertiary/aromatic N) is 1. The Hall–Kier alpha value is -1.29. The molecule has 0 radical (unpaired) electrons. The second kappa shape index (κ2) is 6.24. The van der Waals surface area contributed by atoms with Gasteiger partial charge in [0.15, 0.2) is 0 Å². The van der Waals surface area contributed by atoms with Gasteiger partial charge >= 0.3 is 0 Å². The predicted molar refractivity (Wildman–Crippen MR) is 75.9 cm³/mol. The Balaban J connectivity index is 2.20. The minimum absolute atomic E-state index is 0.428. The summed E-state index contributed by atoms with van der Waals surface area (Å²) in [7, 11) is 1.55. The molecular weight excluding hydrogens is 285 g/mol. The minimum Gasteiger partial charge on any atom is -0.495 e. The summed E-state index contributed by atoms with van der Waals surface area (Å²) in [5.41, 5.74) is 1.60.